The van der Waals surface area contributed by atoms with Gasteiger partial charge in [-0.2, -0.15) is 0 Å². The van der Waals surface area contributed by atoms with E-state index in [-0.39, 0.29) is 20.6 Å². The van der Waals surface area contributed by atoms with Crippen LogP contribution in [0.2, 0.25) is 15.1 Å². The average Bonchev–Trinajstić information content (AvgIpc) is 2.47. The van der Waals surface area contributed by atoms with Crippen molar-refractivity contribution in [2.24, 2.45) is 0 Å². The Morgan fingerprint density at radius 3 is 2.26 bits per heavy atom. The van der Waals surface area contributed by atoms with Gasteiger partial charge < -0.3 is 0 Å². The van der Waals surface area contributed by atoms with E-state index in [9.17, 15) is 13.2 Å². The maximum atomic E-state index is 12.8. The van der Waals surface area contributed by atoms with Crippen LogP contribution in [0.3, 0.4) is 0 Å². The number of halogens is 4. The topological polar surface area (TPSA) is 54.5 Å². The van der Waals surface area contributed by atoms with Gasteiger partial charge in [0.05, 0.1) is 20.6 Å². The first-order valence-electron chi connectivity index (χ1n) is 6.13. The second kappa shape index (κ2) is 7.28. The first-order valence-corrected chi connectivity index (χ1v) is 9.08. The summed E-state index contributed by atoms with van der Waals surface area (Å²) in [5, 5.41) is -0.225. The third-order valence-corrected chi connectivity index (χ3v) is 5.71. The van der Waals surface area contributed by atoms with E-state index in [1.54, 1.807) is 12.1 Å². The van der Waals surface area contributed by atoms with Crippen molar-refractivity contribution in [1.82, 2.24) is 0 Å². The zero-order valence-electron chi connectivity index (χ0n) is 11.3. The predicted octanol–water partition coefficient (Wildman–Crippen LogP) is 4.61. The molecular weight excluding hydrogens is 404 g/mol. The zero-order valence-corrected chi connectivity index (χ0v) is 15.2. The van der Waals surface area contributed by atoms with Crippen molar-refractivity contribution in [2.75, 3.05) is 10.8 Å². The van der Waals surface area contributed by atoms with E-state index in [2.05, 4.69) is 0 Å². The first-order chi connectivity index (χ1) is 10.7. The van der Waals surface area contributed by atoms with E-state index < -0.39 is 21.8 Å². The third kappa shape index (κ3) is 4.31. The molecule has 0 amide bonds. The minimum Gasteiger partial charge on any atom is -0.279 e. The molecule has 0 aromatic heterocycles. The van der Waals surface area contributed by atoms with E-state index in [0.29, 0.717) is 5.02 Å². The Morgan fingerprint density at radius 1 is 1.00 bits per heavy atom. The van der Waals surface area contributed by atoms with Gasteiger partial charge in [-0.25, -0.2) is 8.42 Å². The number of carbonyl (C=O) groups excluding carboxylic acids is 1. The molecule has 0 radical (unpaired) electrons. The first kappa shape index (κ1) is 18.4. The van der Waals surface area contributed by atoms with Crippen LogP contribution in [0.15, 0.2) is 47.4 Å². The Balaban J connectivity index is 2.57. The average molecular weight is 413 g/mol. The lowest BCUT2D eigenvalue weighted by molar-refractivity contribution is -0.110. The molecule has 0 unspecified atom stereocenters. The highest BCUT2D eigenvalue weighted by molar-refractivity contribution is 7.92. The van der Waals surface area contributed by atoms with E-state index in [4.69, 9.17) is 46.4 Å². The van der Waals surface area contributed by atoms with E-state index in [1.165, 1.54) is 30.3 Å². The highest BCUT2D eigenvalue weighted by Gasteiger charge is 2.27. The summed E-state index contributed by atoms with van der Waals surface area (Å²) in [7, 11) is -4.08. The van der Waals surface area contributed by atoms with Crippen LogP contribution in [0.4, 0.5) is 5.69 Å². The molecule has 2 aromatic carbocycles. The van der Waals surface area contributed by atoms with Crippen LogP contribution >= 0.6 is 46.4 Å². The van der Waals surface area contributed by atoms with Gasteiger partial charge in [0.25, 0.3) is 10.0 Å². The molecular formula is C14H9Cl4NO3S. The Bertz CT molecular complexity index is 855. The zero-order chi connectivity index (χ0) is 17.2. The van der Waals surface area contributed by atoms with Crippen molar-refractivity contribution in [1.29, 1.82) is 0 Å². The molecule has 0 aliphatic heterocycles. The van der Waals surface area contributed by atoms with Crippen LogP contribution in [0.5, 0.6) is 0 Å². The molecule has 2 rings (SSSR count). The Hall–Kier alpha value is -0.980. The summed E-state index contributed by atoms with van der Waals surface area (Å²) in [5.74, 6) is 0. The maximum Gasteiger partial charge on any atom is 0.264 e. The van der Waals surface area contributed by atoms with E-state index in [0.717, 1.165) is 4.31 Å². The van der Waals surface area contributed by atoms with Crippen LogP contribution in [-0.4, -0.2) is 20.2 Å². The Kier molecular flexibility index (Phi) is 5.81. The highest BCUT2D eigenvalue weighted by Crippen LogP contribution is 2.30. The molecule has 0 aliphatic carbocycles. The summed E-state index contributed by atoms with van der Waals surface area (Å²) in [6.45, 7) is -0.551. The lowest BCUT2D eigenvalue weighted by Crippen LogP contribution is -2.34. The molecule has 0 saturated heterocycles. The largest absolute Gasteiger partial charge is 0.279 e. The van der Waals surface area contributed by atoms with Crippen LogP contribution < -0.4 is 4.31 Å². The number of hydrogen-bond acceptors (Lipinski definition) is 3. The quantitative estimate of drug-likeness (QED) is 0.674. The van der Waals surface area contributed by atoms with E-state index in [1.807, 2.05) is 0 Å². The van der Waals surface area contributed by atoms with Crippen molar-refractivity contribution in [2.45, 2.75) is 4.90 Å². The van der Waals surface area contributed by atoms with Crippen LogP contribution in [-0.2, 0) is 14.8 Å². The Labute approximate surface area is 153 Å². The van der Waals surface area contributed by atoms with Gasteiger partial charge in [-0.1, -0.05) is 40.9 Å². The molecule has 9 heteroatoms. The van der Waals surface area contributed by atoms with Crippen molar-refractivity contribution < 1.29 is 13.2 Å². The van der Waals surface area contributed by atoms with Crippen molar-refractivity contribution >= 4 is 67.4 Å². The maximum absolute atomic E-state index is 12.8. The minimum atomic E-state index is -4.08. The molecule has 0 atom stereocenters. The smallest absolute Gasteiger partial charge is 0.264 e. The second-order valence-corrected chi connectivity index (χ2v) is 7.96. The molecule has 0 aliphatic rings. The fourth-order valence-corrected chi connectivity index (χ4v) is 4.00. The highest BCUT2D eigenvalue weighted by atomic mass is 35.5. The van der Waals surface area contributed by atoms with Crippen LogP contribution in [0, 0.1) is 0 Å². The number of rotatable bonds is 5. The molecule has 4 nitrogen and oxygen atoms in total. The van der Waals surface area contributed by atoms with Crippen molar-refractivity contribution in [3.05, 3.63) is 57.5 Å². The van der Waals surface area contributed by atoms with Gasteiger partial charge in [0.1, 0.15) is 6.54 Å². The molecule has 0 spiro atoms. The fourth-order valence-electron chi connectivity index (χ4n) is 1.82. The van der Waals surface area contributed by atoms with Gasteiger partial charge in [-0.15, -0.1) is 0 Å². The molecule has 0 fully saturated rings. The van der Waals surface area contributed by atoms with Gasteiger partial charge in [-0.3, -0.25) is 9.10 Å². The summed E-state index contributed by atoms with van der Waals surface area (Å²) >= 11 is 22.9. The minimum absolute atomic E-state index is 0.0796. The predicted molar refractivity (Wildman–Crippen MR) is 93.3 cm³/mol. The SMILES string of the molecule is O=C(Cl)CN(c1cccc(Cl)c1)S(=O)(=O)c1ccc(Cl)c(Cl)c1. The molecule has 2 aromatic rings. The second-order valence-electron chi connectivity index (χ2n) is 4.42. The van der Waals surface area contributed by atoms with Gasteiger partial charge in [0, 0.05) is 5.02 Å². The van der Waals surface area contributed by atoms with E-state index >= 15 is 0 Å². The normalized spacial score (nSPS) is 11.3. The number of hydrogen-bond donors (Lipinski definition) is 0. The standard InChI is InChI=1S/C14H9Cl4NO3S/c15-9-2-1-3-10(6-9)19(8-14(18)20)23(21,22)11-4-5-12(16)13(17)7-11/h1-7H,8H2. The number of carbonyl (C=O) groups is 1. The summed E-state index contributed by atoms with van der Waals surface area (Å²) in [6, 6.07) is 9.91. The van der Waals surface area contributed by atoms with Gasteiger partial charge in [0.2, 0.25) is 5.24 Å². The van der Waals surface area contributed by atoms with Crippen molar-refractivity contribution in [3.63, 3.8) is 0 Å². The molecule has 23 heavy (non-hydrogen) atoms. The molecule has 0 bridgehead atoms. The van der Waals surface area contributed by atoms with Crippen molar-refractivity contribution in [3.8, 4) is 0 Å². The van der Waals surface area contributed by atoms with Gasteiger partial charge in [0.15, 0.2) is 0 Å². The number of benzene rings is 2. The molecule has 0 heterocycles. The summed E-state index contributed by atoms with van der Waals surface area (Å²) in [5.41, 5.74) is 0.206. The fraction of sp³-hybridized carbons (Fsp3) is 0.0714. The molecule has 0 N–H and O–H groups in total. The van der Waals surface area contributed by atoms with Crippen LogP contribution in [0.1, 0.15) is 0 Å². The summed E-state index contributed by atoms with van der Waals surface area (Å²) in [4.78, 5) is 11.2. The lowest BCUT2D eigenvalue weighted by Gasteiger charge is -2.23. The number of anilines is 1. The van der Waals surface area contributed by atoms with Crippen LogP contribution in [0.25, 0.3) is 0 Å². The third-order valence-electron chi connectivity index (χ3n) is 2.84. The Morgan fingerprint density at radius 2 is 1.70 bits per heavy atom. The number of sulfonamides is 1. The lowest BCUT2D eigenvalue weighted by atomic mass is 10.3. The van der Waals surface area contributed by atoms with Gasteiger partial charge in [-0.05, 0) is 48.0 Å². The van der Waals surface area contributed by atoms with Gasteiger partial charge >= 0.3 is 0 Å². The monoisotopic (exact) mass is 411 g/mol. The molecule has 122 valence electrons. The summed E-state index contributed by atoms with van der Waals surface area (Å²) in [6.07, 6.45) is 0. The summed E-state index contributed by atoms with van der Waals surface area (Å²) < 4.78 is 26.5. The molecule has 0 saturated carbocycles. The number of nitrogens with zero attached hydrogens (tertiary/aromatic N) is 1.